The lowest BCUT2D eigenvalue weighted by Gasteiger charge is -2.21. The third-order valence-corrected chi connectivity index (χ3v) is 4.08. The second-order valence-corrected chi connectivity index (χ2v) is 5.96. The molecule has 0 radical (unpaired) electrons. The van der Waals surface area contributed by atoms with Gasteiger partial charge in [0, 0.05) is 18.0 Å². The molecule has 1 aromatic heterocycles. The van der Waals surface area contributed by atoms with Gasteiger partial charge < -0.3 is 10.6 Å². The SMILES string of the molecule is Nc1nc(CC(=O)N(CC2CC2)C2CC2)cs1. The number of nitrogen functional groups attached to an aromatic ring is 1. The molecular formula is C12H17N3OS. The van der Waals surface area contributed by atoms with Crippen molar-refractivity contribution in [3.63, 3.8) is 0 Å². The number of carbonyl (C=O) groups is 1. The van der Waals surface area contributed by atoms with E-state index in [1.54, 1.807) is 0 Å². The molecule has 0 spiro atoms. The molecule has 2 aliphatic rings. The Kier molecular flexibility index (Phi) is 2.78. The summed E-state index contributed by atoms with van der Waals surface area (Å²) in [5.74, 6) is 0.991. The molecule has 0 unspecified atom stereocenters. The van der Waals surface area contributed by atoms with Crippen LogP contribution in [0.2, 0.25) is 0 Å². The van der Waals surface area contributed by atoms with Gasteiger partial charge in [-0.05, 0) is 31.6 Å². The van der Waals surface area contributed by atoms with Gasteiger partial charge in [-0.25, -0.2) is 4.98 Å². The molecular weight excluding hydrogens is 234 g/mol. The summed E-state index contributed by atoms with van der Waals surface area (Å²) in [5, 5.41) is 2.43. The average Bonchev–Trinajstić information content (AvgIpc) is 3.17. The van der Waals surface area contributed by atoms with Crippen LogP contribution in [0.1, 0.15) is 31.4 Å². The van der Waals surface area contributed by atoms with E-state index in [4.69, 9.17) is 5.73 Å². The summed E-state index contributed by atoms with van der Waals surface area (Å²) in [6.07, 6.45) is 5.35. The molecule has 0 atom stereocenters. The first-order chi connectivity index (χ1) is 8.22. The number of hydrogen-bond donors (Lipinski definition) is 1. The second-order valence-electron chi connectivity index (χ2n) is 5.07. The topological polar surface area (TPSA) is 59.2 Å². The molecule has 3 rings (SSSR count). The Morgan fingerprint density at radius 2 is 2.24 bits per heavy atom. The van der Waals surface area contributed by atoms with Crippen molar-refractivity contribution in [1.82, 2.24) is 9.88 Å². The normalized spacial score (nSPS) is 19.3. The number of amides is 1. The van der Waals surface area contributed by atoms with Crippen LogP contribution in [0.4, 0.5) is 5.13 Å². The number of aromatic nitrogens is 1. The van der Waals surface area contributed by atoms with Crippen LogP contribution < -0.4 is 5.73 Å². The number of thiazole rings is 1. The molecule has 1 amide bonds. The maximum atomic E-state index is 12.2. The fourth-order valence-electron chi connectivity index (χ4n) is 2.08. The Morgan fingerprint density at radius 1 is 1.47 bits per heavy atom. The van der Waals surface area contributed by atoms with Crippen LogP contribution in [0.3, 0.4) is 0 Å². The summed E-state index contributed by atoms with van der Waals surface area (Å²) >= 11 is 1.40. The van der Waals surface area contributed by atoms with Gasteiger partial charge in [-0.2, -0.15) is 0 Å². The largest absolute Gasteiger partial charge is 0.375 e. The number of carbonyl (C=O) groups excluding carboxylic acids is 1. The van der Waals surface area contributed by atoms with Crippen LogP contribution in [-0.4, -0.2) is 28.4 Å². The van der Waals surface area contributed by atoms with Gasteiger partial charge in [0.05, 0.1) is 12.1 Å². The molecule has 2 aliphatic carbocycles. The van der Waals surface area contributed by atoms with Gasteiger partial charge in [0.2, 0.25) is 5.91 Å². The van der Waals surface area contributed by atoms with Gasteiger partial charge in [-0.15, -0.1) is 11.3 Å². The van der Waals surface area contributed by atoms with E-state index in [-0.39, 0.29) is 5.91 Å². The molecule has 92 valence electrons. The molecule has 17 heavy (non-hydrogen) atoms. The van der Waals surface area contributed by atoms with E-state index in [2.05, 4.69) is 9.88 Å². The second kappa shape index (κ2) is 4.29. The quantitative estimate of drug-likeness (QED) is 0.866. The fraction of sp³-hybridized carbons (Fsp3) is 0.667. The minimum atomic E-state index is 0.227. The number of nitrogens with two attached hydrogens (primary N) is 1. The lowest BCUT2D eigenvalue weighted by Crippen LogP contribution is -2.36. The van der Waals surface area contributed by atoms with E-state index < -0.39 is 0 Å². The summed E-state index contributed by atoms with van der Waals surface area (Å²) in [5.41, 5.74) is 6.39. The molecule has 5 heteroatoms. The van der Waals surface area contributed by atoms with Gasteiger partial charge in [0.15, 0.2) is 5.13 Å². The van der Waals surface area contributed by atoms with Crippen LogP contribution in [-0.2, 0) is 11.2 Å². The summed E-state index contributed by atoms with van der Waals surface area (Å²) in [7, 11) is 0. The fourth-order valence-corrected chi connectivity index (χ4v) is 2.64. The van der Waals surface area contributed by atoms with E-state index in [9.17, 15) is 4.79 Å². The zero-order valence-electron chi connectivity index (χ0n) is 9.76. The first-order valence-electron chi connectivity index (χ1n) is 6.21. The number of rotatable bonds is 5. The third kappa shape index (κ3) is 2.77. The van der Waals surface area contributed by atoms with E-state index >= 15 is 0 Å². The highest BCUT2D eigenvalue weighted by Gasteiger charge is 2.36. The van der Waals surface area contributed by atoms with Gasteiger partial charge in [0.25, 0.3) is 0 Å². The molecule has 4 nitrogen and oxygen atoms in total. The highest BCUT2D eigenvalue weighted by Crippen LogP contribution is 2.35. The monoisotopic (exact) mass is 251 g/mol. The van der Waals surface area contributed by atoms with Crippen molar-refractivity contribution in [2.24, 2.45) is 5.92 Å². The van der Waals surface area contributed by atoms with Gasteiger partial charge in [-0.3, -0.25) is 4.79 Å². The standard InChI is InChI=1S/C12H17N3OS/c13-12-14-9(7-17-12)5-11(16)15(10-3-4-10)6-8-1-2-8/h7-8,10H,1-6H2,(H2,13,14). The molecule has 0 saturated heterocycles. The molecule has 0 aliphatic heterocycles. The van der Waals surface area contributed by atoms with Crippen molar-refractivity contribution in [3.8, 4) is 0 Å². The molecule has 2 N–H and O–H groups in total. The summed E-state index contributed by atoms with van der Waals surface area (Å²) < 4.78 is 0. The van der Waals surface area contributed by atoms with Crippen LogP contribution in [0.5, 0.6) is 0 Å². The maximum absolute atomic E-state index is 12.2. The Bertz CT molecular complexity index is 423. The number of hydrogen-bond acceptors (Lipinski definition) is 4. The van der Waals surface area contributed by atoms with Crippen molar-refractivity contribution < 1.29 is 4.79 Å². The zero-order valence-corrected chi connectivity index (χ0v) is 10.6. The van der Waals surface area contributed by atoms with Crippen LogP contribution in [0.25, 0.3) is 0 Å². The summed E-state index contributed by atoms with van der Waals surface area (Å²) in [6.45, 7) is 0.961. The van der Waals surface area contributed by atoms with Crippen molar-refractivity contribution in [2.45, 2.75) is 38.1 Å². The van der Waals surface area contributed by atoms with Crippen LogP contribution >= 0.6 is 11.3 Å². The van der Waals surface area contributed by atoms with Crippen molar-refractivity contribution >= 4 is 22.4 Å². The Labute approximate surface area is 105 Å². The summed E-state index contributed by atoms with van der Waals surface area (Å²) in [4.78, 5) is 18.4. The molecule has 1 aromatic rings. The van der Waals surface area contributed by atoms with Crippen molar-refractivity contribution in [2.75, 3.05) is 12.3 Å². The van der Waals surface area contributed by atoms with Gasteiger partial charge in [-0.1, -0.05) is 0 Å². The van der Waals surface area contributed by atoms with Gasteiger partial charge >= 0.3 is 0 Å². The molecule has 0 bridgehead atoms. The first-order valence-corrected chi connectivity index (χ1v) is 7.09. The lowest BCUT2D eigenvalue weighted by molar-refractivity contribution is -0.131. The Balaban J connectivity index is 1.61. The van der Waals surface area contributed by atoms with E-state index in [0.29, 0.717) is 17.6 Å². The molecule has 0 aromatic carbocycles. The van der Waals surface area contributed by atoms with Crippen molar-refractivity contribution in [3.05, 3.63) is 11.1 Å². The molecule has 1 heterocycles. The molecule has 2 saturated carbocycles. The third-order valence-electron chi connectivity index (χ3n) is 3.36. The van der Waals surface area contributed by atoms with Gasteiger partial charge in [0.1, 0.15) is 0 Å². The molecule has 2 fully saturated rings. The predicted octanol–water partition coefficient (Wildman–Crippen LogP) is 1.67. The highest BCUT2D eigenvalue weighted by atomic mass is 32.1. The predicted molar refractivity (Wildman–Crippen MR) is 67.7 cm³/mol. The van der Waals surface area contributed by atoms with E-state index in [1.807, 2.05) is 5.38 Å². The summed E-state index contributed by atoms with van der Waals surface area (Å²) in [6, 6.07) is 0.513. The Morgan fingerprint density at radius 3 is 2.76 bits per heavy atom. The van der Waals surface area contributed by atoms with E-state index in [0.717, 1.165) is 18.2 Å². The van der Waals surface area contributed by atoms with Crippen LogP contribution in [0.15, 0.2) is 5.38 Å². The average molecular weight is 251 g/mol. The Hall–Kier alpha value is -1.10. The smallest absolute Gasteiger partial charge is 0.228 e. The first kappa shape index (κ1) is 11.0. The minimum absolute atomic E-state index is 0.227. The minimum Gasteiger partial charge on any atom is -0.375 e. The van der Waals surface area contributed by atoms with Crippen LogP contribution in [0, 0.1) is 5.92 Å². The maximum Gasteiger partial charge on any atom is 0.228 e. The zero-order chi connectivity index (χ0) is 11.8. The highest BCUT2D eigenvalue weighted by molar-refractivity contribution is 7.13. The van der Waals surface area contributed by atoms with E-state index in [1.165, 1.54) is 37.0 Å². The lowest BCUT2D eigenvalue weighted by atomic mass is 10.2. The van der Waals surface area contributed by atoms with Crippen molar-refractivity contribution in [1.29, 1.82) is 0 Å². The number of nitrogens with zero attached hydrogens (tertiary/aromatic N) is 2. The number of anilines is 1.